The summed E-state index contributed by atoms with van der Waals surface area (Å²) in [7, 11) is 2.05. The second-order valence-electron chi connectivity index (χ2n) is 6.35. The van der Waals surface area contributed by atoms with Gasteiger partial charge < -0.3 is 9.47 Å². The Bertz CT molecular complexity index is 481. The van der Waals surface area contributed by atoms with Gasteiger partial charge in [-0.1, -0.05) is 0 Å². The summed E-state index contributed by atoms with van der Waals surface area (Å²) in [5.74, 6) is 2.01. The van der Waals surface area contributed by atoms with E-state index in [-0.39, 0.29) is 11.9 Å². The van der Waals surface area contributed by atoms with Crippen LogP contribution >= 0.6 is 0 Å². The Balaban J connectivity index is 1.95. The second kappa shape index (κ2) is 7.77. The van der Waals surface area contributed by atoms with Crippen molar-refractivity contribution in [1.82, 2.24) is 19.4 Å². The molecule has 0 radical (unpaired) electrons. The SMILES string of the molecule is CCN(CC)C(=O)[C@H](C)N1CCC[C@@H](Cc2nccn2C)C1. The highest BCUT2D eigenvalue weighted by atomic mass is 16.2. The van der Waals surface area contributed by atoms with Gasteiger partial charge in [0.15, 0.2) is 0 Å². The molecule has 1 fully saturated rings. The molecule has 2 heterocycles. The van der Waals surface area contributed by atoms with Crippen molar-refractivity contribution in [3.8, 4) is 0 Å². The molecule has 0 spiro atoms. The predicted molar refractivity (Wildman–Crippen MR) is 88.6 cm³/mol. The minimum absolute atomic E-state index is 0.0101. The lowest BCUT2D eigenvalue weighted by Crippen LogP contribution is -2.50. The fourth-order valence-electron chi connectivity index (χ4n) is 3.42. The lowest BCUT2D eigenvalue weighted by atomic mass is 9.93. The number of aromatic nitrogens is 2. The minimum atomic E-state index is -0.0101. The monoisotopic (exact) mass is 306 g/mol. The number of rotatable bonds is 6. The molecule has 2 rings (SSSR count). The summed E-state index contributed by atoms with van der Waals surface area (Å²) in [5, 5.41) is 0. The van der Waals surface area contributed by atoms with Crippen molar-refractivity contribution in [1.29, 1.82) is 0 Å². The molecule has 22 heavy (non-hydrogen) atoms. The fraction of sp³-hybridized carbons (Fsp3) is 0.765. The van der Waals surface area contributed by atoms with E-state index in [0.717, 1.165) is 38.4 Å². The maximum atomic E-state index is 12.6. The predicted octanol–water partition coefficient (Wildman–Crippen LogP) is 1.93. The molecule has 0 N–H and O–H groups in total. The van der Waals surface area contributed by atoms with Crippen molar-refractivity contribution >= 4 is 5.91 Å². The van der Waals surface area contributed by atoms with Crippen LogP contribution < -0.4 is 0 Å². The van der Waals surface area contributed by atoms with Gasteiger partial charge in [0, 0.05) is 45.5 Å². The Morgan fingerprint density at radius 2 is 2.18 bits per heavy atom. The largest absolute Gasteiger partial charge is 0.342 e. The van der Waals surface area contributed by atoms with Crippen molar-refractivity contribution in [2.45, 2.75) is 46.1 Å². The number of carbonyl (C=O) groups excluding carboxylic acids is 1. The Morgan fingerprint density at radius 1 is 1.45 bits per heavy atom. The van der Waals surface area contributed by atoms with Crippen LogP contribution in [0.5, 0.6) is 0 Å². The first-order valence-corrected chi connectivity index (χ1v) is 8.55. The molecular weight excluding hydrogens is 276 g/mol. The molecule has 0 bridgehead atoms. The molecule has 1 aliphatic heterocycles. The summed E-state index contributed by atoms with van der Waals surface area (Å²) in [6.07, 6.45) is 7.28. The zero-order valence-electron chi connectivity index (χ0n) is 14.5. The molecule has 2 atom stereocenters. The topological polar surface area (TPSA) is 41.4 Å². The number of piperidine rings is 1. The van der Waals surface area contributed by atoms with Crippen LogP contribution in [0.3, 0.4) is 0 Å². The van der Waals surface area contributed by atoms with Gasteiger partial charge in [0.05, 0.1) is 6.04 Å². The molecule has 5 heteroatoms. The van der Waals surface area contributed by atoms with E-state index in [9.17, 15) is 4.79 Å². The molecular formula is C17H30N4O. The summed E-state index contributed by atoms with van der Waals surface area (Å²) in [5.41, 5.74) is 0. The number of carbonyl (C=O) groups is 1. The molecule has 1 saturated heterocycles. The summed E-state index contributed by atoms with van der Waals surface area (Å²) < 4.78 is 2.10. The van der Waals surface area contributed by atoms with Gasteiger partial charge in [0.1, 0.15) is 5.82 Å². The third kappa shape index (κ3) is 3.88. The first kappa shape index (κ1) is 17.0. The Hall–Kier alpha value is -1.36. The standard InChI is InChI=1S/C17H30N4O/c1-5-20(6-2)17(22)14(3)21-10-7-8-15(13-21)12-16-18-9-11-19(16)4/h9,11,14-15H,5-8,10,12-13H2,1-4H3/t14-,15-/m0/s1. The van der Waals surface area contributed by atoms with Gasteiger partial charge in [-0.3, -0.25) is 9.69 Å². The number of amides is 1. The molecule has 0 saturated carbocycles. The van der Waals surface area contributed by atoms with Crippen molar-refractivity contribution < 1.29 is 4.79 Å². The third-order valence-corrected chi connectivity index (χ3v) is 4.92. The van der Waals surface area contributed by atoms with Crippen LogP contribution in [0.15, 0.2) is 12.4 Å². The smallest absolute Gasteiger partial charge is 0.239 e. The first-order valence-electron chi connectivity index (χ1n) is 8.55. The van der Waals surface area contributed by atoms with Crippen molar-refractivity contribution in [2.75, 3.05) is 26.2 Å². The summed E-state index contributed by atoms with van der Waals surface area (Å²) in [6, 6.07) is -0.0101. The third-order valence-electron chi connectivity index (χ3n) is 4.92. The number of nitrogens with zero attached hydrogens (tertiary/aromatic N) is 4. The van der Waals surface area contributed by atoms with Crippen molar-refractivity contribution in [2.24, 2.45) is 13.0 Å². The number of likely N-dealkylation sites (N-methyl/N-ethyl adjacent to an activating group) is 1. The van der Waals surface area contributed by atoms with Crippen molar-refractivity contribution in [3.05, 3.63) is 18.2 Å². The van der Waals surface area contributed by atoms with E-state index >= 15 is 0 Å². The molecule has 124 valence electrons. The lowest BCUT2D eigenvalue weighted by Gasteiger charge is -2.37. The quantitative estimate of drug-likeness (QED) is 0.806. The van der Waals surface area contributed by atoms with Gasteiger partial charge in [0.2, 0.25) is 5.91 Å². The Kier molecular flexibility index (Phi) is 6.00. The van der Waals surface area contributed by atoms with Crippen LogP contribution in [0.2, 0.25) is 0 Å². The maximum absolute atomic E-state index is 12.6. The molecule has 0 aliphatic carbocycles. The zero-order valence-corrected chi connectivity index (χ0v) is 14.5. The van der Waals surface area contributed by atoms with Crippen LogP contribution in [0.25, 0.3) is 0 Å². The summed E-state index contributed by atoms with van der Waals surface area (Å²) in [6.45, 7) is 9.78. The van der Waals surface area contributed by atoms with Crippen LogP contribution in [-0.2, 0) is 18.3 Å². The Labute approximate surface area is 134 Å². The molecule has 1 aromatic rings. The van der Waals surface area contributed by atoms with Gasteiger partial charge in [-0.05, 0) is 46.1 Å². The molecule has 5 nitrogen and oxygen atoms in total. The number of imidazole rings is 1. The van der Waals surface area contributed by atoms with E-state index in [0.29, 0.717) is 5.92 Å². The van der Waals surface area contributed by atoms with E-state index in [2.05, 4.69) is 28.4 Å². The highest BCUT2D eigenvalue weighted by Crippen LogP contribution is 2.22. The van der Waals surface area contributed by atoms with Crippen LogP contribution in [-0.4, -0.2) is 57.5 Å². The van der Waals surface area contributed by atoms with Gasteiger partial charge in [-0.2, -0.15) is 0 Å². The van der Waals surface area contributed by atoms with E-state index in [4.69, 9.17) is 0 Å². The maximum Gasteiger partial charge on any atom is 0.239 e. The van der Waals surface area contributed by atoms with Gasteiger partial charge in [0.25, 0.3) is 0 Å². The lowest BCUT2D eigenvalue weighted by molar-refractivity contribution is -0.136. The second-order valence-corrected chi connectivity index (χ2v) is 6.35. The molecule has 1 aliphatic rings. The number of hydrogen-bond donors (Lipinski definition) is 0. The number of aryl methyl sites for hydroxylation is 1. The van der Waals surface area contributed by atoms with Crippen LogP contribution in [0, 0.1) is 5.92 Å². The van der Waals surface area contributed by atoms with Crippen LogP contribution in [0.4, 0.5) is 0 Å². The molecule has 0 aromatic carbocycles. The fourth-order valence-corrected chi connectivity index (χ4v) is 3.42. The average molecular weight is 306 g/mol. The van der Waals surface area contributed by atoms with Gasteiger partial charge in [-0.15, -0.1) is 0 Å². The number of hydrogen-bond acceptors (Lipinski definition) is 3. The van der Waals surface area contributed by atoms with Gasteiger partial charge >= 0.3 is 0 Å². The van der Waals surface area contributed by atoms with E-state index in [1.807, 2.05) is 31.1 Å². The average Bonchev–Trinajstić information content (AvgIpc) is 2.93. The normalized spacial score (nSPS) is 20.8. The van der Waals surface area contributed by atoms with Crippen LogP contribution in [0.1, 0.15) is 39.4 Å². The molecule has 0 unspecified atom stereocenters. The Morgan fingerprint density at radius 3 is 2.77 bits per heavy atom. The van der Waals surface area contributed by atoms with E-state index < -0.39 is 0 Å². The van der Waals surface area contributed by atoms with E-state index in [1.54, 1.807) is 0 Å². The van der Waals surface area contributed by atoms with Crippen molar-refractivity contribution in [3.63, 3.8) is 0 Å². The summed E-state index contributed by atoms with van der Waals surface area (Å²) >= 11 is 0. The molecule has 1 amide bonds. The number of likely N-dealkylation sites (tertiary alicyclic amines) is 1. The van der Waals surface area contributed by atoms with Gasteiger partial charge in [-0.25, -0.2) is 4.98 Å². The molecule has 1 aromatic heterocycles. The highest BCUT2D eigenvalue weighted by Gasteiger charge is 2.29. The summed E-state index contributed by atoms with van der Waals surface area (Å²) in [4.78, 5) is 21.3. The van der Waals surface area contributed by atoms with E-state index in [1.165, 1.54) is 12.8 Å². The first-order chi connectivity index (χ1) is 10.6. The highest BCUT2D eigenvalue weighted by molar-refractivity contribution is 5.81. The zero-order chi connectivity index (χ0) is 16.1. The minimum Gasteiger partial charge on any atom is -0.342 e.